The van der Waals surface area contributed by atoms with E-state index >= 15 is 0 Å². The molecule has 0 bridgehead atoms. The second kappa shape index (κ2) is 6.02. The molecule has 1 atom stereocenters. The highest BCUT2D eigenvalue weighted by atomic mass is 16.2. The van der Waals surface area contributed by atoms with Crippen LogP contribution in [0.25, 0.3) is 0 Å². The first-order chi connectivity index (χ1) is 6.43. The third-order valence-corrected chi connectivity index (χ3v) is 2.43. The predicted octanol–water partition coefficient (Wildman–Crippen LogP) is 1.68. The van der Waals surface area contributed by atoms with Crippen molar-refractivity contribution in [2.24, 2.45) is 0 Å². The van der Waals surface area contributed by atoms with Gasteiger partial charge >= 0.3 is 0 Å². The normalized spacial score (nSPS) is 13.8. The van der Waals surface area contributed by atoms with Gasteiger partial charge in [0.1, 0.15) is 0 Å². The van der Waals surface area contributed by atoms with Crippen LogP contribution in [-0.4, -0.2) is 24.0 Å². The molecular formula is C11H24N2O. The van der Waals surface area contributed by atoms with E-state index in [1.54, 1.807) is 0 Å². The number of nitrogens with one attached hydrogen (secondary N) is 2. The molecule has 84 valence electrons. The minimum Gasteiger partial charge on any atom is -0.355 e. The van der Waals surface area contributed by atoms with Crippen LogP contribution in [0.15, 0.2) is 0 Å². The quantitative estimate of drug-likeness (QED) is 0.685. The highest BCUT2D eigenvalue weighted by Crippen LogP contribution is 2.07. The molecule has 1 amide bonds. The average Bonchev–Trinajstić information content (AvgIpc) is 2.13. The van der Waals surface area contributed by atoms with E-state index in [0.29, 0.717) is 0 Å². The molecule has 0 spiro atoms. The average molecular weight is 200 g/mol. The zero-order chi connectivity index (χ0) is 11.2. The van der Waals surface area contributed by atoms with Gasteiger partial charge in [0, 0.05) is 12.1 Å². The first-order valence-corrected chi connectivity index (χ1v) is 5.48. The van der Waals surface area contributed by atoms with Crippen LogP contribution >= 0.6 is 0 Å². The standard InChI is InChI=1S/C11H24N2O/c1-6-8-12-10(14)9(3)13-11(4,5)7-2/h9,13H,6-8H2,1-5H3,(H,12,14). The minimum absolute atomic E-state index is 0.0307. The summed E-state index contributed by atoms with van der Waals surface area (Å²) in [4.78, 5) is 11.5. The Labute approximate surface area is 87.6 Å². The topological polar surface area (TPSA) is 41.1 Å². The van der Waals surface area contributed by atoms with Crippen LogP contribution in [0.5, 0.6) is 0 Å². The molecule has 0 saturated heterocycles. The molecule has 0 heterocycles. The molecule has 0 saturated carbocycles. The Morgan fingerprint density at radius 3 is 2.36 bits per heavy atom. The monoisotopic (exact) mass is 200 g/mol. The summed E-state index contributed by atoms with van der Waals surface area (Å²) in [6.07, 6.45) is 1.99. The molecule has 0 aromatic heterocycles. The number of carbonyl (C=O) groups excluding carboxylic acids is 1. The van der Waals surface area contributed by atoms with E-state index in [2.05, 4.69) is 31.4 Å². The third kappa shape index (κ3) is 5.22. The second-order valence-corrected chi connectivity index (χ2v) is 4.39. The van der Waals surface area contributed by atoms with Crippen molar-refractivity contribution >= 4 is 5.91 Å². The van der Waals surface area contributed by atoms with Gasteiger partial charge in [-0.2, -0.15) is 0 Å². The highest BCUT2D eigenvalue weighted by Gasteiger charge is 2.21. The maximum atomic E-state index is 11.5. The van der Waals surface area contributed by atoms with Crippen LogP contribution < -0.4 is 10.6 Å². The lowest BCUT2D eigenvalue weighted by molar-refractivity contribution is -0.123. The van der Waals surface area contributed by atoms with Crippen LogP contribution in [-0.2, 0) is 4.79 Å². The van der Waals surface area contributed by atoms with E-state index in [9.17, 15) is 4.79 Å². The number of carbonyl (C=O) groups is 1. The minimum atomic E-state index is -0.114. The number of hydrogen-bond donors (Lipinski definition) is 2. The fourth-order valence-corrected chi connectivity index (χ4v) is 1.16. The molecule has 0 radical (unpaired) electrons. The maximum Gasteiger partial charge on any atom is 0.236 e. The van der Waals surface area contributed by atoms with E-state index in [-0.39, 0.29) is 17.5 Å². The van der Waals surface area contributed by atoms with Gasteiger partial charge in [0.2, 0.25) is 5.91 Å². The van der Waals surface area contributed by atoms with Crippen LogP contribution in [0.1, 0.15) is 47.5 Å². The van der Waals surface area contributed by atoms with Crippen LogP contribution in [0.2, 0.25) is 0 Å². The lowest BCUT2D eigenvalue weighted by Gasteiger charge is -2.28. The number of rotatable bonds is 6. The van der Waals surface area contributed by atoms with Gasteiger partial charge < -0.3 is 10.6 Å². The van der Waals surface area contributed by atoms with Crippen molar-refractivity contribution < 1.29 is 4.79 Å². The molecule has 0 aliphatic heterocycles. The molecule has 0 aromatic rings. The Morgan fingerprint density at radius 1 is 1.36 bits per heavy atom. The van der Waals surface area contributed by atoms with Gasteiger partial charge in [-0.1, -0.05) is 13.8 Å². The zero-order valence-electron chi connectivity index (χ0n) is 10.1. The Morgan fingerprint density at radius 2 is 1.93 bits per heavy atom. The Bertz CT molecular complexity index is 178. The van der Waals surface area contributed by atoms with Gasteiger partial charge in [-0.25, -0.2) is 0 Å². The Hall–Kier alpha value is -0.570. The van der Waals surface area contributed by atoms with Gasteiger partial charge in [-0.15, -0.1) is 0 Å². The van der Waals surface area contributed by atoms with Crippen LogP contribution in [0.3, 0.4) is 0 Å². The molecule has 3 heteroatoms. The molecule has 0 rings (SSSR count). The molecule has 0 aliphatic carbocycles. The lowest BCUT2D eigenvalue weighted by atomic mass is 10.0. The highest BCUT2D eigenvalue weighted by molar-refractivity contribution is 5.81. The van der Waals surface area contributed by atoms with Gasteiger partial charge in [-0.05, 0) is 33.6 Å². The van der Waals surface area contributed by atoms with Crippen molar-refractivity contribution in [3.8, 4) is 0 Å². The molecule has 0 aliphatic rings. The van der Waals surface area contributed by atoms with E-state index in [4.69, 9.17) is 0 Å². The third-order valence-electron chi connectivity index (χ3n) is 2.43. The molecule has 2 N–H and O–H groups in total. The van der Waals surface area contributed by atoms with Crippen molar-refractivity contribution in [2.45, 2.75) is 59.0 Å². The van der Waals surface area contributed by atoms with E-state index < -0.39 is 0 Å². The summed E-state index contributed by atoms with van der Waals surface area (Å²) in [7, 11) is 0. The summed E-state index contributed by atoms with van der Waals surface area (Å²) < 4.78 is 0. The van der Waals surface area contributed by atoms with E-state index in [1.807, 2.05) is 13.8 Å². The summed E-state index contributed by atoms with van der Waals surface area (Å²) in [5.74, 6) is 0.0911. The summed E-state index contributed by atoms with van der Waals surface area (Å²) in [5.41, 5.74) is 0.0307. The van der Waals surface area contributed by atoms with E-state index in [1.165, 1.54) is 0 Å². The molecule has 14 heavy (non-hydrogen) atoms. The Balaban J connectivity index is 3.94. The predicted molar refractivity (Wildman–Crippen MR) is 60.3 cm³/mol. The van der Waals surface area contributed by atoms with Crippen molar-refractivity contribution in [3.05, 3.63) is 0 Å². The SMILES string of the molecule is CCCNC(=O)C(C)NC(C)(C)CC. The van der Waals surface area contributed by atoms with Gasteiger partial charge in [0.15, 0.2) is 0 Å². The van der Waals surface area contributed by atoms with Crippen molar-refractivity contribution in [3.63, 3.8) is 0 Å². The molecule has 0 fully saturated rings. The largest absolute Gasteiger partial charge is 0.355 e. The first kappa shape index (κ1) is 13.4. The number of hydrogen-bond acceptors (Lipinski definition) is 2. The molecular weight excluding hydrogens is 176 g/mol. The van der Waals surface area contributed by atoms with Crippen molar-refractivity contribution in [1.82, 2.24) is 10.6 Å². The summed E-state index contributed by atoms with van der Waals surface area (Å²) >= 11 is 0. The van der Waals surface area contributed by atoms with Gasteiger partial charge in [0.25, 0.3) is 0 Å². The Kier molecular flexibility index (Phi) is 5.77. The first-order valence-electron chi connectivity index (χ1n) is 5.48. The second-order valence-electron chi connectivity index (χ2n) is 4.39. The summed E-state index contributed by atoms with van der Waals surface area (Å²) in [6.45, 7) is 11.0. The number of amides is 1. The summed E-state index contributed by atoms with van der Waals surface area (Å²) in [6, 6.07) is -0.114. The smallest absolute Gasteiger partial charge is 0.236 e. The zero-order valence-corrected chi connectivity index (χ0v) is 10.1. The van der Waals surface area contributed by atoms with Crippen molar-refractivity contribution in [2.75, 3.05) is 6.54 Å². The maximum absolute atomic E-state index is 11.5. The van der Waals surface area contributed by atoms with E-state index in [0.717, 1.165) is 19.4 Å². The van der Waals surface area contributed by atoms with Gasteiger partial charge in [0.05, 0.1) is 6.04 Å². The lowest BCUT2D eigenvalue weighted by Crippen LogP contribution is -2.51. The summed E-state index contributed by atoms with van der Waals surface area (Å²) in [5, 5.41) is 6.18. The fourth-order valence-electron chi connectivity index (χ4n) is 1.16. The fraction of sp³-hybridized carbons (Fsp3) is 0.909. The molecule has 3 nitrogen and oxygen atoms in total. The molecule has 1 unspecified atom stereocenters. The molecule has 0 aromatic carbocycles. The van der Waals surface area contributed by atoms with Gasteiger partial charge in [-0.3, -0.25) is 4.79 Å². The van der Waals surface area contributed by atoms with Crippen molar-refractivity contribution in [1.29, 1.82) is 0 Å². The van der Waals surface area contributed by atoms with Crippen LogP contribution in [0.4, 0.5) is 0 Å². The van der Waals surface area contributed by atoms with Crippen LogP contribution in [0, 0.1) is 0 Å².